The lowest BCUT2D eigenvalue weighted by atomic mass is 10.1. The van der Waals surface area contributed by atoms with Crippen LogP contribution in [0, 0.1) is 0 Å². The van der Waals surface area contributed by atoms with Crippen molar-refractivity contribution in [2.45, 2.75) is 50.1 Å². The maximum absolute atomic E-state index is 12.2. The summed E-state index contributed by atoms with van der Waals surface area (Å²) in [7, 11) is -3.78. The van der Waals surface area contributed by atoms with Crippen molar-refractivity contribution >= 4 is 22.4 Å². The van der Waals surface area contributed by atoms with E-state index in [-0.39, 0.29) is 29.9 Å². The smallest absolute Gasteiger partial charge is 0.257 e. The maximum Gasteiger partial charge on any atom is 0.257 e. The average Bonchev–Trinajstić information content (AvgIpc) is 2.82. The highest BCUT2D eigenvalue weighted by Crippen LogP contribution is 2.10. The minimum atomic E-state index is -3.78. The molecule has 0 fully saturated rings. The topological polar surface area (TPSA) is 90.0 Å². The molecule has 0 bridgehead atoms. The maximum atomic E-state index is 12.2. The molecule has 3 N–H and O–H groups in total. The van der Waals surface area contributed by atoms with Gasteiger partial charge in [0.2, 0.25) is 10.0 Å². The van der Waals surface area contributed by atoms with Crippen LogP contribution in [0.2, 0.25) is 0 Å². The number of hydrogen-bond acceptors (Lipinski definition) is 4. The first-order valence-corrected chi connectivity index (χ1v) is 7.90. The lowest BCUT2D eigenvalue weighted by Crippen LogP contribution is -2.40. The van der Waals surface area contributed by atoms with Crippen LogP contribution in [0.1, 0.15) is 26.2 Å². The first-order valence-electron chi connectivity index (χ1n) is 6.42. The number of sulfonamides is 1. The molecule has 0 saturated carbocycles. The normalized spacial score (nSPS) is 13.2. The summed E-state index contributed by atoms with van der Waals surface area (Å²) in [4.78, 5) is -0.131. The zero-order valence-corrected chi connectivity index (χ0v) is 13.3. The molecule has 6 nitrogen and oxygen atoms in total. The van der Waals surface area contributed by atoms with Crippen LogP contribution in [0.15, 0.2) is 17.3 Å². The number of aromatic nitrogens is 2. The van der Waals surface area contributed by atoms with Crippen molar-refractivity contribution < 1.29 is 17.2 Å². The fourth-order valence-corrected chi connectivity index (χ4v) is 2.92. The van der Waals surface area contributed by atoms with Crippen LogP contribution in [-0.4, -0.2) is 37.2 Å². The zero-order valence-electron chi connectivity index (χ0n) is 11.7. The van der Waals surface area contributed by atoms with Crippen molar-refractivity contribution in [1.29, 1.82) is 0 Å². The molecule has 1 rings (SSSR count). The number of nitrogens with zero attached hydrogens (tertiary/aromatic N) is 2. The monoisotopic (exact) mass is 346 g/mol. The van der Waals surface area contributed by atoms with Crippen molar-refractivity contribution in [3.63, 3.8) is 0 Å². The molecule has 0 aromatic carbocycles. The number of hydrogen-bond donors (Lipinski definition) is 2. The van der Waals surface area contributed by atoms with E-state index in [4.69, 9.17) is 5.73 Å². The van der Waals surface area contributed by atoms with Gasteiger partial charge in [0.1, 0.15) is 11.4 Å². The van der Waals surface area contributed by atoms with Gasteiger partial charge in [-0.3, -0.25) is 4.68 Å². The molecule has 1 aromatic heterocycles. The minimum Gasteiger partial charge on any atom is -0.329 e. The van der Waals surface area contributed by atoms with Gasteiger partial charge in [0.25, 0.3) is 6.43 Å². The predicted molar refractivity (Wildman–Crippen MR) is 78.2 cm³/mol. The fraction of sp³-hybridized carbons (Fsp3) is 0.727. The van der Waals surface area contributed by atoms with E-state index in [1.165, 1.54) is 0 Å². The van der Waals surface area contributed by atoms with E-state index >= 15 is 0 Å². The summed E-state index contributed by atoms with van der Waals surface area (Å²) in [6.07, 6.45) is 1.98. The highest BCUT2D eigenvalue weighted by molar-refractivity contribution is 7.89. The van der Waals surface area contributed by atoms with Gasteiger partial charge < -0.3 is 5.73 Å². The minimum absolute atomic E-state index is 0. The molecule has 10 heteroatoms. The fourth-order valence-electron chi connectivity index (χ4n) is 1.69. The molecule has 0 amide bonds. The first kappa shape index (κ1) is 20.2. The van der Waals surface area contributed by atoms with E-state index < -0.39 is 23.0 Å². The molecule has 0 aliphatic heterocycles. The largest absolute Gasteiger partial charge is 0.329 e. The van der Waals surface area contributed by atoms with Crippen molar-refractivity contribution in [1.82, 2.24) is 14.5 Å². The van der Waals surface area contributed by atoms with E-state index in [1.54, 1.807) is 0 Å². The Morgan fingerprint density at radius 1 is 1.48 bits per heavy atom. The van der Waals surface area contributed by atoms with Gasteiger partial charge in [-0.15, -0.1) is 12.4 Å². The summed E-state index contributed by atoms with van der Waals surface area (Å²) in [5, 5.41) is 3.60. The molecular formula is C11H21ClF2N4O2S. The SMILES string of the molecule is CCCCC(CN)NS(=O)(=O)c1cnn(CC(F)F)c1.Cl. The molecule has 0 aliphatic rings. The van der Waals surface area contributed by atoms with Gasteiger partial charge in [-0.25, -0.2) is 21.9 Å². The van der Waals surface area contributed by atoms with Crippen molar-refractivity contribution in [2.24, 2.45) is 5.73 Å². The van der Waals surface area contributed by atoms with E-state index in [9.17, 15) is 17.2 Å². The molecule has 0 saturated heterocycles. The Balaban J connectivity index is 0.00000400. The number of nitrogens with two attached hydrogens (primary N) is 1. The van der Waals surface area contributed by atoms with Crippen LogP contribution < -0.4 is 10.5 Å². The van der Waals surface area contributed by atoms with Gasteiger partial charge in [-0.05, 0) is 6.42 Å². The van der Waals surface area contributed by atoms with E-state index in [0.29, 0.717) is 6.42 Å². The molecule has 0 radical (unpaired) electrons. The lowest BCUT2D eigenvalue weighted by Gasteiger charge is -2.15. The number of nitrogens with one attached hydrogen (secondary N) is 1. The number of halogens is 3. The van der Waals surface area contributed by atoms with Crippen LogP contribution in [0.3, 0.4) is 0 Å². The molecule has 0 spiro atoms. The van der Waals surface area contributed by atoms with Gasteiger partial charge in [-0.1, -0.05) is 19.8 Å². The van der Waals surface area contributed by atoms with Crippen LogP contribution in [-0.2, 0) is 16.6 Å². The van der Waals surface area contributed by atoms with Gasteiger partial charge >= 0.3 is 0 Å². The predicted octanol–water partition coefficient (Wildman–Crippen LogP) is 1.37. The number of rotatable bonds is 9. The third-order valence-corrected chi connectivity index (χ3v) is 4.23. The third-order valence-electron chi connectivity index (χ3n) is 2.76. The molecule has 1 heterocycles. The Kier molecular flexibility index (Phi) is 8.95. The lowest BCUT2D eigenvalue weighted by molar-refractivity contribution is 0.121. The van der Waals surface area contributed by atoms with Crippen LogP contribution in [0.25, 0.3) is 0 Å². The van der Waals surface area contributed by atoms with E-state index in [2.05, 4.69) is 9.82 Å². The average molecular weight is 347 g/mol. The Hall–Kier alpha value is -0.770. The van der Waals surface area contributed by atoms with Crippen LogP contribution >= 0.6 is 12.4 Å². The highest BCUT2D eigenvalue weighted by atomic mass is 35.5. The van der Waals surface area contributed by atoms with E-state index in [1.807, 2.05) is 6.92 Å². The highest BCUT2D eigenvalue weighted by Gasteiger charge is 2.21. The molecule has 1 atom stereocenters. The standard InChI is InChI=1S/C11H20F2N4O2S.ClH/c1-2-3-4-9(5-14)16-20(18,19)10-6-15-17(7-10)8-11(12)13;/h6-7,9,11,16H,2-5,8,14H2,1H3;1H. The number of unbranched alkanes of at least 4 members (excludes halogenated alkanes) is 1. The molecule has 1 unspecified atom stereocenters. The first-order chi connectivity index (χ1) is 9.39. The quantitative estimate of drug-likeness (QED) is 0.706. The summed E-state index contributed by atoms with van der Waals surface area (Å²) in [6, 6.07) is -0.363. The van der Waals surface area contributed by atoms with E-state index in [0.717, 1.165) is 29.9 Å². The Morgan fingerprint density at radius 2 is 2.14 bits per heavy atom. The second-order valence-corrected chi connectivity index (χ2v) is 6.20. The Morgan fingerprint density at radius 3 is 2.67 bits per heavy atom. The van der Waals surface area contributed by atoms with Crippen LogP contribution in [0.5, 0.6) is 0 Å². The molecule has 21 heavy (non-hydrogen) atoms. The number of alkyl halides is 2. The molecule has 1 aromatic rings. The Bertz CT molecular complexity index is 510. The van der Waals surface area contributed by atoms with Gasteiger partial charge in [0, 0.05) is 18.8 Å². The summed E-state index contributed by atoms with van der Waals surface area (Å²) in [6.45, 7) is 1.55. The summed E-state index contributed by atoms with van der Waals surface area (Å²) in [5.74, 6) is 0. The zero-order chi connectivity index (χ0) is 15.2. The van der Waals surface area contributed by atoms with Crippen molar-refractivity contribution in [3.8, 4) is 0 Å². The molecule has 124 valence electrons. The van der Waals surface area contributed by atoms with Crippen LogP contribution in [0.4, 0.5) is 8.78 Å². The second-order valence-electron chi connectivity index (χ2n) is 4.49. The second kappa shape index (κ2) is 9.29. The molecular weight excluding hydrogens is 326 g/mol. The van der Waals surface area contributed by atoms with Gasteiger partial charge in [0.05, 0.1) is 6.20 Å². The molecule has 0 aliphatic carbocycles. The van der Waals surface area contributed by atoms with Crippen molar-refractivity contribution in [2.75, 3.05) is 6.54 Å². The summed E-state index contributed by atoms with van der Waals surface area (Å²) < 4.78 is 51.9. The summed E-state index contributed by atoms with van der Waals surface area (Å²) in [5.41, 5.74) is 5.52. The summed E-state index contributed by atoms with van der Waals surface area (Å²) >= 11 is 0. The van der Waals surface area contributed by atoms with Gasteiger partial charge in [-0.2, -0.15) is 5.10 Å². The van der Waals surface area contributed by atoms with Crippen molar-refractivity contribution in [3.05, 3.63) is 12.4 Å². The third kappa shape index (κ3) is 6.68. The Labute approximate surface area is 129 Å². The van der Waals surface area contributed by atoms with Gasteiger partial charge in [0.15, 0.2) is 0 Å².